The summed E-state index contributed by atoms with van der Waals surface area (Å²) in [5.74, 6) is 0.499. The normalized spacial score (nSPS) is 26.1. The number of benzene rings is 1. The molecule has 1 aromatic carbocycles. The summed E-state index contributed by atoms with van der Waals surface area (Å²) in [6, 6.07) is 8.51. The van der Waals surface area contributed by atoms with Gasteiger partial charge in [0.1, 0.15) is 0 Å². The smallest absolute Gasteiger partial charge is 0.255 e. The van der Waals surface area contributed by atoms with Gasteiger partial charge in [0.05, 0.1) is 29.5 Å². The molecule has 5 N–H and O–H groups in total. The zero-order valence-electron chi connectivity index (χ0n) is 15.2. The number of anilines is 2. The third kappa shape index (κ3) is 2.92. The second-order valence-corrected chi connectivity index (χ2v) is 7.69. The summed E-state index contributed by atoms with van der Waals surface area (Å²) in [5.41, 5.74) is 10.8. The summed E-state index contributed by atoms with van der Waals surface area (Å²) in [5, 5.41) is 9.85. The molecule has 2 aromatic rings. The standard InChI is InChI=1S/C20H24N6O/c21-12-6-2-4-8-14(12)24-20-25-16-10-22-19(27)17(16)18(26-20)15-9-11-5-1-3-7-13(11)23-15/h1,3,5,7,12,14-15,23H,2,4,6,8-10,21H2,(H,22,27)(H,24,25,26)/t12-,14+,15?/m0/s1. The van der Waals surface area contributed by atoms with E-state index in [2.05, 4.69) is 33.1 Å². The van der Waals surface area contributed by atoms with Gasteiger partial charge in [-0.3, -0.25) is 4.79 Å². The quantitative estimate of drug-likeness (QED) is 0.665. The molecule has 7 heteroatoms. The molecule has 7 nitrogen and oxygen atoms in total. The molecule has 3 heterocycles. The molecule has 1 aromatic heterocycles. The van der Waals surface area contributed by atoms with Crippen molar-refractivity contribution in [1.29, 1.82) is 0 Å². The molecule has 140 valence electrons. The molecule has 5 rings (SSSR count). The first-order valence-corrected chi connectivity index (χ1v) is 9.74. The van der Waals surface area contributed by atoms with Crippen LogP contribution in [-0.4, -0.2) is 28.0 Å². The van der Waals surface area contributed by atoms with Gasteiger partial charge in [0.2, 0.25) is 5.95 Å². The number of nitrogens with two attached hydrogens (primary N) is 1. The lowest BCUT2D eigenvalue weighted by Crippen LogP contribution is -2.43. The number of carbonyl (C=O) groups excluding carboxylic acids is 1. The Morgan fingerprint density at radius 2 is 2.00 bits per heavy atom. The fourth-order valence-electron chi connectivity index (χ4n) is 4.44. The summed E-state index contributed by atoms with van der Waals surface area (Å²) in [6.45, 7) is 0.453. The maximum Gasteiger partial charge on any atom is 0.255 e. The van der Waals surface area contributed by atoms with Gasteiger partial charge in [-0.25, -0.2) is 9.97 Å². The largest absolute Gasteiger partial charge is 0.376 e. The molecule has 27 heavy (non-hydrogen) atoms. The summed E-state index contributed by atoms with van der Waals surface area (Å²) in [7, 11) is 0. The Balaban J connectivity index is 1.49. The number of hydrogen-bond acceptors (Lipinski definition) is 6. The van der Waals surface area contributed by atoms with Gasteiger partial charge in [0.15, 0.2) is 0 Å². The number of para-hydroxylation sites is 1. The maximum absolute atomic E-state index is 12.4. The van der Waals surface area contributed by atoms with Crippen LogP contribution in [0.5, 0.6) is 0 Å². The third-order valence-electron chi connectivity index (χ3n) is 5.89. The van der Waals surface area contributed by atoms with Gasteiger partial charge >= 0.3 is 0 Å². The van der Waals surface area contributed by atoms with Gasteiger partial charge in [0, 0.05) is 24.2 Å². The van der Waals surface area contributed by atoms with E-state index >= 15 is 0 Å². The van der Waals surface area contributed by atoms with E-state index in [1.807, 2.05) is 12.1 Å². The highest BCUT2D eigenvalue weighted by Crippen LogP contribution is 2.36. The van der Waals surface area contributed by atoms with Crippen molar-refractivity contribution >= 4 is 17.5 Å². The molecular formula is C20H24N6O. The highest BCUT2D eigenvalue weighted by atomic mass is 16.1. The van der Waals surface area contributed by atoms with Crippen molar-refractivity contribution in [1.82, 2.24) is 15.3 Å². The van der Waals surface area contributed by atoms with Crippen molar-refractivity contribution < 1.29 is 4.79 Å². The van der Waals surface area contributed by atoms with Crippen molar-refractivity contribution in [2.75, 3.05) is 10.6 Å². The minimum Gasteiger partial charge on any atom is -0.376 e. The zero-order chi connectivity index (χ0) is 18.4. The van der Waals surface area contributed by atoms with Gasteiger partial charge in [0.25, 0.3) is 5.91 Å². The van der Waals surface area contributed by atoms with E-state index in [0.29, 0.717) is 18.1 Å². The minimum absolute atomic E-state index is 0.0245. The van der Waals surface area contributed by atoms with Gasteiger partial charge in [-0.1, -0.05) is 31.0 Å². The second-order valence-electron chi connectivity index (χ2n) is 7.69. The molecule has 1 fully saturated rings. The molecule has 2 aliphatic heterocycles. The zero-order valence-corrected chi connectivity index (χ0v) is 15.2. The van der Waals surface area contributed by atoms with E-state index < -0.39 is 0 Å². The fourth-order valence-corrected chi connectivity index (χ4v) is 4.44. The Hall–Kier alpha value is -2.67. The van der Waals surface area contributed by atoms with Crippen LogP contribution in [0.2, 0.25) is 0 Å². The summed E-state index contributed by atoms with van der Waals surface area (Å²) < 4.78 is 0. The first-order chi connectivity index (χ1) is 13.2. The molecule has 1 amide bonds. The number of nitrogens with zero attached hydrogens (tertiary/aromatic N) is 2. The Morgan fingerprint density at radius 3 is 2.85 bits per heavy atom. The Kier molecular flexibility index (Phi) is 3.97. The third-order valence-corrected chi connectivity index (χ3v) is 5.89. The van der Waals surface area contributed by atoms with Crippen LogP contribution in [0, 0.1) is 0 Å². The molecular weight excluding hydrogens is 340 g/mol. The van der Waals surface area contributed by atoms with Gasteiger partial charge in [-0.15, -0.1) is 0 Å². The lowest BCUT2D eigenvalue weighted by molar-refractivity contribution is 0.0964. The molecule has 1 unspecified atom stereocenters. The molecule has 3 atom stereocenters. The number of hydrogen-bond donors (Lipinski definition) is 4. The van der Waals surface area contributed by atoms with E-state index in [-0.39, 0.29) is 24.0 Å². The first-order valence-electron chi connectivity index (χ1n) is 9.74. The van der Waals surface area contributed by atoms with E-state index in [4.69, 9.17) is 10.7 Å². The van der Waals surface area contributed by atoms with Gasteiger partial charge in [-0.05, 0) is 24.5 Å². The minimum atomic E-state index is -0.0846. The summed E-state index contributed by atoms with van der Waals surface area (Å²) in [4.78, 5) is 21.8. The lowest BCUT2D eigenvalue weighted by Gasteiger charge is -2.29. The number of fused-ring (bicyclic) bond motifs is 2. The number of carbonyl (C=O) groups is 1. The van der Waals surface area contributed by atoms with Crippen LogP contribution in [0.4, 0.5) is 11.6 Å². The van der Waals surface area contributed by atoms with Crippen LogP contribution in [0.1, 0.15) is 59.0 Å². The van der Waals surface area contributed by atoms with Gasteiger partial charge < -0.3 is 21.7 Å². The fraction of sp³-hybridized carbons (Fsp3) is 0.450. The Morgan fingerprint density at radius 1 is 1.15 bits per heavy atom. The van der Waals surface area contributed by atoms with Crippen molar-refractivity contribution in [3.63, 3.8) is 0 Å². The molecule has 1 saturated carbocycles. The van der Waals surface area contributed by atoms with E-state index in [9.17, 15) is 4.79 Å². The van der Waals surface area contributed by atoms with Crippen LogP contribution < -0.4 is 21.7 Å². The summed E-state index contributed by atoms with van der Waals surface area (Å²) >= 11 is 0. The monoisotopic (exact) mass is 364 g/mol. The van der Waals surface area contributed by atoms with E-state index in [1.54, 1.807) is 0 Å². The predicted octanol–water partition coefficient (Wildman–Crippen LogP) is 2.11. The van der Waals surface area contributed by atoms with E-state index in [0.717, 1.165) is 36.3 Å². The Labute approximate surface area is 158 Å². The molecule has 0 radical (unpaired) electrons. The van der Waals surface area contributed by atoms with Crippen LogP contribution in [-0.2, 0) is 13.0 Å². The van der Waals surface area contributed by atoms with Crippen LogP contribution in [0.15, 0.2) is 24.3 Å². The first kappa shape index (κ1) is 16.5. The average molecular weight is 364 g/mol. The van der Waals surface area contributed by atoms with Crippen molar-refractivity contribution in [2.24, 2.45) is 5.73 Å². The van der Waals surface area contributed by atoms with E-state index in [1.165, 1.54) is 18.4 Å². The van der Waals surface area contributed by atoms with Crippen molar-refractivity contribution in [2.45, 2.75) is 56.8 Å². The highest BCUT2D eigenvalue weighted by Gasteiger charge is 2.33. The Bertz CT molecular complexity index is 873. The summed E-state index contributed by atoms with van der Waals surface area (Å²) in [6.07, 6.45) is 5.21. The predicted molar refractivity (Wildman–Crippen MR) is 104 cm³/mol. The van der Waals surface area contributed by atoms with Crippen LogP contribution in [0.25, 0.3) is 0 Å². The maximum atomic E-state index is 12.4. The van der Waals surface area contributed by atoms with Crippen LogP contribution >= 0.6 is 0 Å². The lowest BCUT2D eigenvalue weighted by atomic mass is 9.91. The van der Waals surface area contributed by atoms with Crippen LogP contribution in [0.3, 0.4) is 0 Å². The molecule has 0 bridgehead atoms. The molecule has 1 aliphatic carbocycles. The highest BCUT2D eigenvalue weighted by molar-refractivity contribution is 5.99. The number of nitrogens with one attached hydrogen (secondary N) is 3. The average Bonchev–Trinajstić information content (AvgIpc) is 3.27. The number of aromatic nitrogens is 2. The molecule has 0 spiro atoms. The molecule has 0 saturated heterocycles. The SMILES string of the molecule is N[C@H]1CCCC[C@H]1Nc1nc2c(c(C3Cc4ccccc4N3)n1)C(=O)NC2. The van der Waals surface area contributed by atoms with Crippen molar-refractivity contribution in [3.05, 3.63) is 46.8 Å². The second kappa shape index (κ2) is 6.49. The topological polar surface area (TPSA) is 105 Å². The van der Waals surface area contributed by atoms with Crippen molar-refractivity contribution in [3.8, 4) is 0 Å². The molecule has 3 aliphatic rings. The van der Waals surface area contributed by atoms with Gasteiger partial charge in [-0.2, -0.15) is 0 Å². The number of rotatable bonds is 3. The number of amides is 1.